The van der Waals surface area contributed by atoms with Crippen molar-refractivity contribution in [1.82, 2.24) is 4.98 Å². The first-order valence-corrected chi connectivity index (χ1v) is 9.79. The fourth-order valence-corrected chi connectivity index (χ4v) is 3.91. The first kappa shape index (κ1) is 18.5. The van der Waals surface area contributed by atoms with Crippen LogP contribution in [0.2, 0.25) is 0 Å². The lowest BCUT2D eigenvalue weighted by Crippen LogP contribution is -2.12. The van der Waals surface area contributed by atoms with Gasteiger partial charge in [-0.25, -0.2) is 4.98 Å². The van der Waals surface area contributed by atoms with E-state index in [1.807, 2.05) is 31.2 Å². The minimum atomic E-state index is 0.0330. The molecule has 134 valence electrons. The molecule has 2 aromatic carbocycles. The Balaban J connectivity index is 1.62. The molecule has 1 aromatic heterocycles. The van der Waals surface area contributed by atoms with E-state index in [9.17, 15) is 4.79 Å². The van der Waals surface area contributed by atoms with E-state index in [-0.39, 0.29) is 5.91 Å². The fourth-order valence-electron chi connectivity index (χ4n) is 3.00. The Hall–Kier alpha value is -2.33. The Kier molecular flexibility index (Phi) is 5.62. The van der Waals surface area contributed by atoms with Crippen molar-refractivity contribution >= 4 is 34.3 Å². The SMILES string of the molecule is Cc1ccc(NC(=O)CCSc2cc(C)c3cc(C)cc(C)c3n2)cc1. The van der Waals surface area contributed by atoms with Crippen molar-refractivity contribution in [2.45, 2.75) is 39.1 Å². The second kappa shape index (κ2) is 7.92. The molecule has 3 nitrogen and oxygen atoms in total. The van der Waals surface area contributed by atoms with Gasteiger partial charge in [0.2, 0.25) is 5.91 Å². The zero-order chi connectivity index (χ0) is 18.7. The largest absolute Gasteiger partial charge is 0.326 e. The molecule has 3 rings (SSSR count). The number of carbonyl (C=O) groups is 1. The number of amides is 1. The van der Waals surface area contributed by atoms with Crippen molar-refractivity contribution in [1.29, 1.82) is 0 Å². The Bertz CT molecular complexity index is 949. The molecule has 0 saturated heterocycles. The number of hydrogen-bond donors (Lipinski definition) is 1. The van der Waals surface area contributed by atoms with Gasteiger partial charge >= 0.3 is 0 Å². The summed E-state index contributed by atoms with van der Waals surface area (Å²) in [7, 11) is 0. The number of aromatic nitrogens is 1. The summed E-state index contributed by atoms with van der Waals surface area (Å²) in [4.78, 5) is 16.9. The monoisotopic (exact) mass is 364 g/mol. The Labute approximate surface area is 159 Å². The number of nitrogens with zero attached hydrogens (tertiary/aromatic N) is 1. The van der Waals surface area contributed by atoms with Gasteiger partial charge in [0.05, 0.1) is 10.5 Å². The maximum Gasteiger partial charge on any atom is 0.225 e. The average Bonchev–Trinajstić information content (AvgIpc) is 2.58. The van der Waals surface area contributed by atoms with Crippen LogP contribution in [0.4, 0.5) is 5.69 Å². The van der Waals surface area contributed by atoms with Crippen LogP contribution in [0, 0.1) is 27.7 Å². The third-order valence-corrected chi connectivity index (χ3v) is 5.26. The molecule has 4 heteroatoms. The quantitative estimate of drug-likeness (QED) is 0.600. The van der Waals surface area contributed by atoms with Crippen LogP contribution in [0.5, 0.6) is 0 Å². The number of carbonyl (C=O) groups excluding carboxylic acids is 1. The zero-order valence-corrected chi connectivity index (χ0v) is 16.5. The van der Waals surface area contributed by atoms with Crippen molar-refractivity contribution in [3.8, 4) is 0 Å². The van der Waals surface area contributed by atoms with Gasteiger partial charge in [0.25, 0.3) is 0 Å². The van der Waals surface area contributed by atoms with Crippen LogP contribution in [0.1, 0.15) is 28.7 Å². The number of fused-ring (bicyclic) bond motifs is 1. The summed E-state index contributed by atoms with van der Waals surface area (Å²) < 4.78 is 0. The second-order valence-electron chi connectivity index (χ2n) is 6.77. The van der Waals surface area contributed by atoms with Crippen LogP contribution in [-0.2, 0) is 4.79 Å². The van der Waals surface area contributed by atoms with E-state index in [0.717, 1.165) is 16.2 Å². The number of nitrogens with one attached hydrogen (secondary N) is 1. The van der Waals surface area contributed by atoms with E-state index in [1.165, 1.54) is 27.6 Å². The second-order valence-corrected chi connectivity index (χ2v) is 7.88. The van der Waals surface area contributed by atoms with Crippen molar-refractivity contribution < 1.29 is 4.79 Å². The lowest BCUT2D eigenvalue weighted by molar-refractivity contribution is -0.115. The van der Waals surface area contributed by atoms with E-state index < -0.39 is 0 Å². The van der Waals surface area contributed by atoms with Crippen LogP contribution < -0.4 is 5.32 Å². The van der Waals surface area contributed by atoms with Gasteiger partial charge in [-0.05, 0) is 63.1 Å². The van der Waals surface area contributed by atoms with Crippen LogP contribution in [0.3, 0.4) is 0 Å². The molecule has 0 saturated carbocycles. The topological polar surface area (TPSA) is 42.0 Å². The molecule has 0 aliphatic carbocycles. The highest BCUT2D eigenvalue weighted by molar-refractivity contribution is 7.99. The number of hydrogen-bond acceptors (Lipinski definition) is 3. The standard InChI is InChI=1S/C22H24N2OS/c1-14-5-7-18(8-6-14)23-20(25)9-10-26-21-13-16(3)19-12-15(2)11-17(4)22(19)24-21/h5-8,11-13H,9-10H2,1-4H3,(H,23,25). The van der Waals surface area contributed by atoms with E-state index in [4.69, 9.17) is 4.98 Å². The first-order valence-electron chi connectivity index (χ1n) is 8.80. The normalized spacial score (nSPS) is 10.9. The number of pyridine rings is 1. The third kappa shape index (κ3) is 4.44. The summed E-state index contributed by atoms with van der Waals surface area (Å²) in [5.41, 5.74) is 6.77. The van der Waals surface area contributed by atoms with Crippen LogP contribution in [0.15, 0.2) is 47.5 Å². The molecule has 3 aromatic rings. The molecule has 0 unspecified atom stereocenters. The van der Waals surface area contributed by atoms with Crippen LogP contribution in [-0.4, -0.2) is 16.6 Å². The van der Waals surface area contributed by atoms with Crippen LogP contribution in [0.25, 0.3) is 10.9 Å². The predicted molar refractivity (Wildman–Crippen MR) is 111 cm³/mol. The average molecular weight is 365 g/mol. The number of aryl methyl sites for hydroxylation is 4. The minimum absolute atomic E-state index is 0.0330. The van der Waals surface area contributed by atoms with Gasteiger partial charge in [0.1, 0.15) is 0 Å². The van der Waals surface area contributed by atoms with Gasteiger partial charge in [0.15, 0.2) is 0 Å². The molecule has 0 atom stereocenters. The Morgan fingerprint density at radius 2 is 1.69 bits per heavy atom. The van der Waals surface area contributed by atoms with Gasteiger partial charge in [-0.2, -0.15) is 0 Å². The number of thioether (sulfide) groups is 1. The molecule has 26 heavy (non-hydrogen) atoms. The molecule has 1 heterocycles. The molecular weight excluding hydrogens is 340 g/mol. The summed E-state index contributed by atoms with van der Waals surface area (Å²) >= 11 is 1.63. The summed E-state index contributed by atoms with van der Waals surface area (Å²) in [5, 5.41) is 5.13. The van der Waals surface area contributed by atoms with E-state index in [2.05, 4.69) is 44.3 Å². The lowest BCUT2D eigenvalue weighted by Gasteiger charge is -2.10. The number of benzene rings is 2. The summed E-state index contributed by atoms with van der Waals surface area (Å²) in [6.45, 7) is 8.37. The van der Waals surface area contributed by atoms with Gasteiger partial charge < -0.3 is 5.32 Å². The Morgan fingerprint density at radius 3 is 2.42 bits per heavy atom. The molecule has 0 spiro atoms. The summed E-state index contributed by atoms with van der Waals surface area (Å²) in [6.07, 6.45) is 0.462. The summed E-state index contributed by atoms with van der Waals surface area (Å²) in [6, 6.07) is 14.3. The molecule has 0 bridgehead atoms. The lowest BCUT2D eigenvalue weighted by atomic mass is 10.0. The highest BCUT2D eigenvalue weighted by Gasteiger charge is 2.08. The van der Waals surface area contributed by atoms with Gasteiger partial charge in [-0.15, -0.1) is 11.8 Å². The van der Waals surface area contributed by atoms with Crippen LogP contribution >= 0.6 is 11.8 Å². The van der Waals surface area contributed by atoms with Crippen molar-refractivity contribution in [2.75, 3.05) is 11.1 Å². The van der Waals surface area contributed by atoms with Gasteiger partial charge in [0, 0.05) is 23.2 Å². The fraction of sp³-hybridized carbons (Fsp3) is 0.273. The number of anilines is 1. The van der Waals surface area contributed by atoms with E-state index in [0.29, 0.717) is 12.2 Å². The molecule has 1 N–H and O–H groups in total. The molecule has 1 amide bonds. The highest BCUT2D eigenvalue weighted by Crippen LogP contribution is 2.27. The number of rotatable bonds is 5. The van der Waals surface area contributed by atoms with Crippen molar-refractivity contribution in [3.63, 3.8) is 0 Å². The predicted octanol–water partition coefficient (Wildman–Crippen LogP) is 5.59. The molecule has 0 radical (unpaired) electrons. The maximum atomic E-state index is 12.1. The van der Waals surface area contributed by atoms with E-state index in [1.54, 1.807) is 11.8 Å². The smallest absolute Gasteiger partial charge is 0.225 e. The van der Waals surface area contributed by atoms with Gasteiger partial charge in [-0.1, -0.05) is 29.3 Å². The highest BCUT2D eigenvalue weighted by atomic mass is 32.2. The molecule has 0 aliphatic heterocycles. The maximum absolute atomic E-state index is 12.1. The minimum Gasteiger partial charge on any atom is -0.326 e. The third-order valence-electron chi connectivity index (χ3n) is 4.35. The first-order chi connectivity index (χ1) is 12.4. The van der Waals surface area contributed by atoms with Crippen molar-refractivity contribution in [3.05, 3.63) is 64.7 Å². The van der Waals surface area contributed by atoms with Gasteiger partial charge in [-0.3, -0.25) is 4.79 Å². The van der Waals surface area contributed by atoms with Crippen molar-refractivity contribution in [2.24, 2.45) is 0 Å². The molecule has 0 fully saturated rings. The Morgan fingerprint density at radius 1 is 0.962 bits per heavy atom. The zero-order valence-electron chi connectivity index (χ0n) is 15.7. The van der Waals surface area contributed by atoms with E-state index >= 15 is 0 Å². The summed E-state index contributed by atoms with van der Waals surface area (Å²) in [5.74, 6) is 0.742. The molecular formula is C22H24N2OS. The molecule has 0 aliphatic rings.